The van der Waals surface area contributed by atoms with Crippen molar-refractivity contribution in [1.82, 2.24) is 9.71 Å². The van der Waals surface area contributed by atoms with E-state index in [0.717, 1.165) is 0 Å². The average molecular weight is 326 g/mol. The predicted molar refractivity (Wildman–Crippen MR) is 79.0 cm³/mol. The summed E-state index contributed by atoms with van der Waals surface area (Å²) in [7, 11) is -3.77. The van der Waals surface area contributed by atoms with E-state index in [1.165, 1.54) is 6.26 Å². The summed E-state index contributed by atoms with van der Waals surface area (Å²) in [5, 5.41) is 0. The van der Waals surface area contributed by atoms with Crippen molar-refractivity contribution in [2.45, 2.75) is 32.2 Å². The second-order valence-corrected chi connectivity index (χ2v) is 6.41. The molecule has 0 saturated heterocycles. The largest absolute Gasteiger partial charge is 0.468 e. The summed E-state index contributed by atoms with van der Waals surface area (Å²) in [6.07, 6.45) is 1.47. The summed E-state index contributed by atoms with van der Waals surface area (Å²) in [6, 6.07) is 3.35. The molecule has 2 aromatic heterocycles. The summed E-state index contributed by atoms with van der Waals surface area (Å²) in [5.74, 6) is -0.0735. The van der Waals surface area contributed by atoms with Crippen molar-refractivity contribution < 1.29 is 22.4 Å². The number of hydrogen-bond acceptors (Lipinski definition) is 5. The molecule has 8 heteroatoms. The smallest absolute Gasteiger partial charge is 0.355 e. The number of rotatable bonds is 6. The lowest BCUT2D eigenvalue weighted by Crippen LogP contribution is -2.24. The molecule has 2 heterocycles. The molecule has 0 atom stereocenters. The maximum atomic E-state index is 12.4. The van der Waals surface area contributed by atoms with E-state index in [0.29, 0.717) is 17.0 Å². The maximum absolute atomic E-state index is 12.4. The molecule has 0 amide bonds. The maximum Gasteiger partial charge on any atom is 0.355 e. The number of H-pyrrole nitrogens is 1. The number of aromatic amines is 1. The zero-order chi connectivity index (χ0) is 16.3. The molecule has 2 rings (SSSR count). The molecule has 0 aliphatic carbocycles. The standard InChI is InChI=1S/C14H18N2O5S/c1-4-20-14(17)12-9(2)13(10(3)16-12)22(18,19)15-8-11-6-5-7-21-11/h5-7,15-16H,4,8H2,1-3H3. The van der Waals surface area contributed by atoms with Crippen LogP contribution in [0.15, 0.2) is 27.7 Å². The van der Waals surface area contributed by atoms with Gasteiger partial charge in [-0.1, -0.05) is 0 Å². The van der Waals surface area contributed by atoms with E-state index >= 15 is 0 Å². The number of carbonyl (C=O) groups is 1. The van der Waals surface area contributed by atoms with Crippen LogP contribution < -0.4 is 4.72 Å². The third-order valence-corrected chi connectivity index (χ3v) is 4.81. The van der Waals surface area contributed by atoms with Gasteiger partial charge in [0.2, 0.25) is 10.0 Å². The van der Waals surface area contributed by atoms with Gasteiger partial charge in [0.1, 0.15) is 16.3 Å². The van der Waals surface area contributed by atoms with Gasteiger partial charge in [0, 0.05) is 11.3 Å². The number of hydrogen-bond donors (Lipinski definition) is 2. The molecule has 22 heavy (non-hydrogen) atoms. The van der Waals surface area contributed by atoms with Crippen LogP contribution in [0.2, 0.25) is 0 Å². The normalized spacial score (nSPS) is 11.6. The number of ether oxygens (including phenoxy) is 1. The van der Waals surface area contributed by atoms with Crippen molar-refractivity contribution in [1.29, 1.82) is 0 Å². The predicted octanol–water partition coefficient (Wildman–Crippen LogP) is 1.88. The van der Waals surface area contributed by atoms with Crippen molar-refractivity contribution in [3.8, 4) is 0 Å². The van der Waals surface area contributed by atoms with E-state index in [4.69, 9.17) is 9.15 Å². The Kier molecular flexibility index (Phi) is 4.72. The van der Waals surface area contributed by atoms with E-state index in [-0.39, 0.29) is 23.7 Å². The summed E-state index contributed by atoms with van der Waals surface area (Å²) in [5.41, 5.74) is 0.869. The van der Waals surface area contributed by atoms with Crippen LogP contribution in [0, 0.1) is 13.8 Å². The molecule has 0 aliphatic heterocycles. The van der Waals surface area contributed by atoms with Gasteiger partial charge in [-0.3, -0.25) is 0 Å². The van der Waals surface area contributed by atoms with E-state index in [1.54, 1.807) is 32.9 Å². The second kappa shape index (κ2) is 6.37. The SMILES string of the molecule is CCOC(=O)c1[nH]c(C)c(S(=O)(=O)NCc2ccco2)c1C. The lowest BCUT2D eigenvalue weighted by molar-refractivity contribution is 0.0519. The van der Waals surface area contributed by atoms with Crippen molar-refractivity contribution in [2.75, 3.05) is 6.61 Å². The summed E-state index contributed by atoms with van der Waals surface area (Å²) in [6.45, 7) is 5.10. The number of aromatic nitrogens is 1. The van der Waals surface area contributed by atoms with Crippen LogP contribution in [0.5, 0.6) is 0 Å². The van der Waals surface area contributed by atoms with Crippen molar-refractivity contribution >= 4 is 16.0 Å². The molecule has 7 nitrogen and oxygen atoms in total. The third kappa shape index (κ3) is 3.23. The van der Waals surface area contributed by atoms with E-state index in [9.17, 15) is 13.2 Å². The zero-order valence-electron chi connectivity index (χ0n) is 12.6. The van der Waals surface area contributed by atoms with Gasteiger partial charge in [0.05, 0.1) is 19.4 Å². The molecular weight excluding hydrogens is 308 g/mol. The number of carbonyl (C=O) groups excluding carboxylic acids is 1. The monoisotopic (exact) mass is 326 g/mol. The van der Waals surface area contributed by atoms with Crippen LogP contribution in [0.4, 0.5) is 0 Å². The molecule has 0 saturated carbocycles. The lowest BCUT2D eigenvalue weighted by atomic mass is 10.2. The number of sulfonamides is 1. The minimum absolute atomic E-state index is 0.0358. The quantitative estimate of drug-likeness (QED) is 0.789. The Bertz CT molecular complexity index is 760. The van der Waals surface area contributed by atoms with Crippen LogP contribution in [0.1, 0.15) is 34.4 Å². The number of furan rings is 1. The summed E-state index contributed by atoms with van der Waals surface area (Å²) >= 11 is 0. The molecule has 0 fully saturated rings. The van der Waals surface area contributed by atoms with Gasteiger partial charge in [-0.05, 0) is 32.9 Å². The fourth-order valence-corrected chi connectivity index (χ4v) is 3.63. The van der Waals surface area contributed by atoms with Crippen molar-refractivity contribution in [2.24, 2.45) is 0 Å². The highest BCUT2D eigenvalue weighted by molar-refractivity contribution is 7.89. The minimum Gasteiger partial charge on any atom is -0.468 e. The Balaban J connectivity index is 2.29. The fraction of sp³-hybridized carbons (Fsp3) is 0.357. The van der Waals surface area contributed by atoms with E-state index < -0.39 is 16.0 Å². The molecule has 120 valence electrons. The van der Waals surface area contributed by atoms with Gasteiger partial charge in [0.15, 0.2) is 0 Å². The molecule has 0 spiro atoms. The number of esters is 1. The molecular formula is C14H18N2O5S. The summed E-state index contributed by atoms with van der Waals surface area (Å²) in [4.78, 5) is 14.7. The first-order chi connectivity index (χ1) is 10.4. The molecule has 0 radical (unpaired) electrons. The fourth-order valence-electron chi connectivity index (χ4n) is 2.19. The van der Waals surface area contributed by atoms with Gasteiger partial charge in [-0.25, -0.2) is 17.9 Å². The van der Waals surface area contributed by atoms with Crippen LogP contribution in [-0.4, -0.2) is 26.0 Å². The van der Waals surface area contributed by atoms with Crippen LogP contribution in [-0.2, 0) is 21.3 Å². The Morgan fingerprint density at radius 1 is 1.41 bits per heavy atom. The first-order valence-electron chi connectivity index (χ1n) is 6.75. The highest BCUT2D eigenvalue weighted by Crippen LogP contribution is 2.23. The van der Waals surface area contributed by atoms with Crippen molar-refractivity contribution in [3.63, 3.8) is 0 Å². The summed E-state index contributed by atoms with van der Waals surface area (Å²) < 4.78 is 37.3. The lowest BCUT2D eigenvalue weighted by Gasteiger charge is -2.06. The van der Waals surface area contributed by atoms with Crippen molar-refractivity contribution in [3.05, 3.63) is 41.1 Å². The van der Waals surface area contributed by atoms with Gasteiger partial charge in [-0.15, -0.1) is 0 Å². The Morgan fingerprint density at radius 3 is 2.73 bits per heavy atom. The first-order valence-corrected chi connectivity index (χ1v) is 8.23. The average Bonchev–Trinajstić information content (AvgIpc) is 3.05. The highest BCUT2D eigenvalue weighted by Gasteiger charge is 2.27. The third-order valence-electron chi connectivity index (χ3n) is 3.13. The van der Waals surface area contributed by atoms with Gasteiger partial charge < -0.3 is 14.1 Å². The molecule has 2 aromatic rings. The molecule has 0 unspecified atom stereocenters. The number of aryl methyl sites for hydroxylation is 1. The first kappa shape index (κ1) is 16.3. The minimum atomic E-state index is -3.77. The molecule has 0 aromatic carbocycles. The van der Waals surface area contributed by atoms with Crippen LogP contribution >= 0.6 is 0 Å². The molecule has 0 bridgehead atoms. The van der Waals surface area contributed by atoms with Gasteiger partial charge in [0.25, 0.3) is 0 Å². The zero-order valence-corrected chi connectivity index (χ0v) is 13.4. The van der Waals surface area contributed by atoms with E-state index in [2.05, 4.69) is 9.71 Å². The van der Waals surface area contributed by atoms with E-state index in [1.807, 2.05) is 0 Å². The Labute approximate surface area is 128 Å². The van der Waals surface area contributed by atoms with Gasteiger partial charge >= 0.3 is 5.97 Å². The number of nitrogens with one attached hydrogen (secondary N) is 2. The molecule has 2 N–H and O–H groups in total. The molecule has 0 aliphatic rings. The van der Waals surface area contributed by atoms with Crippen LogP contribution in [0.25, 0.3) is 0 Å². The Hall–Kier alpha value is -2.06. The second-order valence-electron chi connectivity index (χ2n) is 4.70. The van der Waals surface area contributed by atoms with Crippen LogP contribution in [0.3, 0.4) is 0 Å². The van der Waals surface area contributed by atoms with Gasteiger partial charge in [-0.2, -0.15) is 0 Å². The highest BCUT2D eigenvalue weighted by atomic mass is 32.2. The topological polar surface area (TPSA) is 101 Å². The Morgan fingerprint density at radius 2 is 2.14 bits per heavy atom.